The Hall–Kier alpha value is -1.83. The highest BCUT2D eigenvalue weighted by Gasteiger charge is 2.46. The smallest absolute Gasteiger partial charge is 0.333 e. The number of carbonyl (C=O) groups is 1. The van der Waals surface area contributed by atoms with E-state index in [9.17, 15) is 4.79 Å². The predicted molar refractivity (Wildman–Crippen MR) is 87.1 cm³/mol. The fourth-order valence-electron chi connectivity index (χ4n) is 3.38. The van der Waals surface area contributed by atoms with Crippen molar-refractivity contribution in [3.8, 4) is 0 Å². The minimum atomic E-state index is -0.408. The van der Waals surface area contributed by atoms with Gasteiger partial charge in [-0.05, 0) is 43.7 Å². The summed E-state index contributed by atoms with van der Waals surface area (Å²) in [5, 5.41) is 0. The summed E-state index contributed by atoms with van der Waals surface area (Å²) in [6.45, 7) is 11.4. The molecule has 1 fully saturated rings. The summed E-state index contributed by atoms with van der Waals surface area (Å²) >= 11 is 0. The van der Waals surface area contributed by atoms with E-state index in [0.717, 1.165) is 31.2 Å². The van der Waals surface area contributed by atoms with E-state index in [0.29, 0.717) is 5.57 Å². The first kappa shape index (κ1) is 15.6. The Kier molecular flexibility index (Phi) is 4.66. The molecule has 1 saturated carbocycles. The lowest BCUT2D eigenvalue weighted by Gasteiger charge is -2.35. The van der Waals surface area contributed by atoms with Crippen molar-refractivity contribution >= 4 is 12.0 Å². The second-order valence-electron chi connectivity index (χ2n) is 5.87. The van der Waals surface area contributed by atoms with E-state index in [1.807, 2.05) is 18.2 Å². The second-order valence-corrected chi connectivity index (χ2v) is 5.87. The summed E-state index contributed by atoms with van der Waals surface area (Å²) in [6.07, 6.45) is 5.74. The van der Waals surface area contributed by atoms with Gasteiger partial charge in [0.1, 0.15) is 5.60 Å². The van der Waals surface area contributed by atoms with Crippen LogP contribution in [0.5, 0.6) is 0 Å². The predicted octanol–water partition coefficient (Wildman–Crippen LogP) is 4.87. The van der Waals surface area contributed by atoms with Crippen molar-refractivity contribution in [3.63, 3.8) is 0 Å². The van der Waals surface area contributed by atoms with Gasteiger partial charge in [-0.15, -0.1) is 0 Å². The molecule has 2 unspecified atom stereocenters. The van der Waals surface area contributed by atoms with Gasteiger partial charge in [-0.1, -0.05) is 50.4 Å². The molecule has 0 amide bonds. The topological polar surface area (TPSA) is 26.3 Å². The molecule has 0 bridgehead atoms. The van der Waals surface area contributed by atoms with E-state index in [4.69, 9.17) is 4.74 Å². The minimum absolute atomic E-state index is 0.236. The van der Waals surface area contributed by atoms with Crippen molar-refractivity contribution < 1.29 is 9.53 Å². The first-order valence-corrected chi connectivity index (χ1v) is 7.64. The fourth-order valence-corrected chi connectivity index (χ4v) is 3.38. The molecule has 112 valence electrons. The van der Waals surface area contributed by atoms with Crippen LogP contribution < -0.4 is 0 Å². The molecule has 0 saturated heterocycles. The van der Waals surface area contributed by atoms with Crippen molar-refractivity contribution in [1.29, 1.82) is 0 Å². The van der Waals surface area contributed by atoms with Gasteiger partial charge in [0.05, 0.1) is 0 Å². The number of carbonyl (C=O) groups excluding carboxylic acids is 1. The molecule has 21 heavy (non-hydrogen) atoms. The van der Waals surface area contributed by atoms with Gasteiger partial charge in [-0.2, -0.15) is 0 Å². The molecule has 1 aromatic rings. The maximum absolute atomic E-state index is 12.1. The van der Waals surface area contributed by atoms with E-state index >= 15 is 0 Å². The summed E-state index contributed by atoms with van der Waals surface area (Å²) < 4.78 is 5.90. The molecule has 1 aromatic carbocycles. The van der Waals surface area contributed by atoms with Crippen LogP contribution in [0.4, 0.5) is 0 Å². The molecule has 2 nitrogen and oxygen atoms in total. The summed E-state index contributed by atoms with van der Waals surface area (Å²) in [7, 11) is 0. The SMILES string of the molecule is C=Cc1ccccc1C1CCCC1(CC)OC(=O)C(=C)C. The van der Waals surface area contributed by atoms with E-state index in [1.165, 1.54) is 5.56 Å². The largest absolute Gasteiger partial charge is 0.455 e. The van der Waals surface area contributed by atoms with E-state index < -0.39 is 5.60 Å². The van der Waals surface area contributed by atoms with Crippen molar-refractivity contribution in [2.75, 3.05) is 0 Å². The molecule has 0 aromatic heterocycles. The molecule has 1 aliphatic rings. The molecule has 2 heteroatoms. The number of benzene rings is 1. The molecule has 2 rings (SSSR count). The number of hydrogen-bond donors (Lipinski definition) is 0. The van der Waals surface area contributed by atoms with Gasteiger partial charge in [0.2, 0.25) is 0 Å². The molecule has 0 radical (unpaired) electrons. The van der Waals surface area contributed by atoms with Crippen molar-refractivity contribution in [3.05, 3.63) is 54.1 Å². The highest BCUT2D eigenvalue weighted by Crippen LogP contribution is 2.48. The van der Waals surface area contributed by atoms with Crippen molar-refractivity contribution in [1.82, 2.24) is 0 Å². The van der Waals surface area contributed by atoms with E-state index in [1.54, 1.807) is 6.92 Å². The van der Waals surface area contributed by atoms with Crippen LogP contribution in [-0.2, 0) is 9.53 Å². The van der Waals surface area contributed by atoms with Gasteiger partial charge in [0, 0.05) is 11.5 Å². The lowest BCUT2D eigenvalue weighted by molar-refractivity contribution is -0.156. The van der Waals surface area contributed by atoms with Gasteiger partial charge < -0.3 is 4.74 Å². The van der Waals surface area contributed by atoms with Crippen molar-refractivity contribution in [2.24, 2.45) is 0 Å². The average molecular weight is 284 g/mol. The number of esters is 1. The molecule has 1 aliphatic carbocycles. The zero-order chi connectivity index (χ0) is 15.5. The third kappa shape index (κ3) is 2.94. The van der Waals surface area contributed by atoms with Gasteiger partial charge in [0.25, 0.3) is 0 Å². The lowest BCUT2D eigenvalue weighted by atomic mass is 9.80. The summed E-state index contributed by atoms with van der Waals surface area (Å²) in [5.74, 6) is -0.0418. The fraction of sp³-hybridized carbons (Fsp3) is 0.421. The third-order valence-electron chi connectivity index (χ3n) is 4.56. The summed E-state index contributed by atoms with van der Waals surface area (Å²) in [6, 6.07) is 8.26. The second kappa shape index (κ2) is 6.30. The first-order valence-electron chi connectivity index (χ1n) is 7.64. The van der Waals surface area contributed by atoms with Gasteiger partial charge in [0.15, 0.2) is 0 Å². The molecule has 2 atom stereocenters. The average Bonchev–Trinajstić information content (AvgIpc) is 2.91. The van der Waals surface area contributed by atoms with Crippen LogP contribution in [0, 0.1) is 0 Å². The zero-order valence-corrected chi connectivity index (χ0v) is 13.0. The summed E-state index contributed by atoms with van der Waals surface area (Å²) in [4.78, 5) is 12.1. The van der Waals surface area contributed by atoms with Crippen LogP contribution in [0.2, 0.25) is 0 Å². The Labute approximate surface area is 127 Å². The highest BCUT2D eigenvalue weighted by molar-refractivity contribution is 5.87. The van der Waals surface area contributed by atoms with Gasteiger partial charge in [-0.3, -0.25) is 0 Å². The zero-order valence-electron chi connectivity index (χ0n) is 13.0. The Morgan fingerprint density at radius 3 is 2.81 bits per heavy atom. The minimum Gasteiger partial charge on any atom is -0.455 e. The van der Waals surface area contributed by atoms with Gasteiger partial charge >= 0.3 is 5.97 Å². The maximum atomic E-state index is 12.1. The molecule has 0 heterocycles. The van der Waals surface area contributed by atoms with Crippen LogP contribution >= 0.6 is 0 Å². The Bertz CT molecular complexity index is 558. The normalized spacial score (nSPS) is 24.6. The Balaban J connectivity index is 2.39. The highest BCUT2D eigenvalue weighted by atomic mass is 16.6. The van der Waals surface area contributed by atoms with Crippen LogP contribution in [0.3, 0.4) is 0 Å². The third-order valence-corrected chi connectivity index (χ3v) is 4.56. The van der Waals surface area contributed by atoms with E-state index in [-0.39, 0.29) is 11.9 Å². The molecular weight excluding hydrogens is 260 g/mol. The van der Waals surface area contributed by atoms with E-state index in [2.05, 4.69) is 32.2 Å². The number of hydrogen-bond acceptors (Lipinski definition) is 2. The monoisotopic (exact) mass is 284 g/mol. The quantitative estimate of drug-likeness (QED) is 0.570. The molecule has 0 aliphatic heterocycles. The van der Waals surface area contributed by atoms with Crippen LogP contribution in [-0.4, -0.2) is 11.6 Å². The molecule has 0 N–H and O–H groups in total. The standard InChI is InChI=1S/C19H24O2/c1-5-15-10-7-8-11-16(15)17-12-9-13-19(17,6-2)21-18(20)14(3)4/h5,7-8,10-11,17H,1,3,6,9,12-13H2,2,4H3. The van der Waals surface area contributed by atoms with Gasteiger partial charge in [-0.25, -0.2) is 4.79 Å². The first-order chi connectivity index (χ1) is 10.0. The van der Waals surface area contributed by atoms with Crippen LogP contribution in [0.25, 0.3) is 6.08 Å². The number of rotatable bonds is 5. The number of ether oxygens (including phenoxy) is 1. The summed E-state index contributed by atoms with van der Waals surface area (Å²) in [5.41, 5.74) is 2.43. The Morgan fingerprint density at radius 1 is 1.48 bits per heavy atom. The Morgan fingerprint density at radius 2 is 2.19 bits per heavy atom. The molecule has 0 spiro atoms. The lowest BCUT2D eigenvalue weighted by Crippen LogP contribution is -2.37. The maximum Gasteiger partial charge on any atom is 0.333 e. The molecular formula is C19H24O2. The van der Waals surface area contributed by atoms with Crippen LogP contribution in [0.15, 0.2) is 43.0 Å². The van der Waals surface area contributed by atoms with Crippen LogP contribution in [0.1, 0.15) is 56.6 Å². The van der Waals surface area contributed by atoms with Crippen molar-refractivity contribution in [2.45, 2.75) is 51.0 Å².